The maximum atomic E-state index is 14.0. The van der Waals surface area contributed by atoms with Crippen LogP contribution in [-0.4, -0.2) is 32.2 Å². The summed E-state index contributed by atoms with van der Waals surface area (Å²) >= 11 is 0. The van der Waals surface area contributed by atoms with Crippen LogP contribution in [0.4, 0.5) is 8.78 Å². The van der Waals surface area contributed by atoms with Crippen molar-refractivity contribution in [1.82, 2.24) is 19.2 Å². The van der Waals surface area contributed by atoms with Crippen molar-refractivity contribution in [2.45, 2.75) is 39.8 Å². The zero-order chi connectivity index (χ0) is 23.7. The van der Waals surface area contributed by atoms with Gasteiger partial charge in [-0.3, -0.25) is 13.9 Å². The molecule has 0 radical (unpaired) electrons. The SMILES string of the molecule is COC(=O)CC(C)n1cc(-c2c(C)nc3c(OCc4c(F)cccc4F)cc(C)cn23)cn1. The van der Waals surface area contributed by atoms with Crippen molar-refractivity contribution in [2.24, 2.45) is 0 Å². The normalized spacial score (nSPS) is 12.2. The number of imidazole rings is 1. The summed E-state index contributed by atoms with van der Waals surface area (Å²) in [5, 5.41) is 4.40. The molecule has 3 aromatic heterocycles. The van der Waals surface area contributed by atoms with Gasteiger partial charge in [-0.05, 0) is 44.5 Å². The van der Waals surface area contributed by atoms with E-state index in [1.807, 2.05) is 37.6 Å². The van der Waals surface area contributed by atoms with Gasteiger partial charge in [0.2, 0.25) is 0 Å². The summed E-state index contributed by atoms with van der Waals surface area (Å²) in [5.74, 6) is -1.22. The molecular weight excluding hydrogens is 430 g/mol. The number of hydrogen-bond acceptors (Lipinski definition) is 5. The van der Waals surface area contributed by atoms with E-state index in [1.54, 1.807) is 16.9 Å². The summed E-state index contributed by atoms with van der Waals surface area (Å²) in [4.78, 5) is 16.2. The molecule has 0 aliphatic rings. The topological polar surface area (TPSA) is 70.7 Å². The molecule has 0 amide bonds. The second kappa shape index (κ2) is 9.01. The van der Waals surface area contributed by atoms with Crippen LogP contribution in [0, 0.1) is 25.5 Å². The van der Waals surface area contributed by atoms with E-state index in [0.29, 0.717) is 11.4 Å². The van der Waals surface area contributed by atoms with Crippen LogP contribution in [0.15, 0.2) is 42.9 Å². The Labute approximate surface area is 189 Å². The predicted octanol–water partition coefficient (Wildman–Crippen LogP) is 4.80. The number of fused-ring (bicyclic) bond motifs is 1. The maximum Gasteiger partial charge on any atom is 0.307 e. The lowest BCUT2D eigenvalue weighted by atomic mass is 10.2. The molecule has 7 nitrogen and oxygen atoms in total. The molecule has 4 aromatic rings. The minimum absolute atomic E-state index is 0.137. The molecule has 0 aliphatic heterocycles. The minimum atomic E-state index is -0.660. The summed E-state index contributed by atoms with van der Waals surface area (Å²) in [6.45, 7) is 5.39. The molecule has 9 heteroatoms. The Hall–Kier alpha value is -3.75. The first-order chi connectivity index (χ1) is 15.8. The van der Waals surface area contributed by atoms with Gasteiger partial charge in [0.1, 0.15) is 18.2 Å². The van der Waals surface area contributed by atoms with Crippen LogP contribution in [0.25, 0.3) is 16.9 Å². The standard InChI is InChI=1S/C24H24F2N4O3/c1-14-8-21(33-13-18-19(25)6-5-7-20(18)26)24-28-16(3)23(29(24)11-14)17-10-27-30(12-17)15(2)9-22(31)32-4/h5-8,10-12,15H,9,13H2,1-4H3. The number of hydrogen-bond donors (Lipinski definition) is 0. The molecule has 0 bridgehead atoms. The molecule has 0 spiro atoms. The predicted molar refractivity (Wildman–Crippen MR) is 118 cm³/mol. The average molecular weight is 454 g/mol. The van der Waals surface area contributed by atoms with Gasteiger partial charge in [-0.25, -0.2) is 13.8 Å². The Balaban J connectivity index is 1.69. The second-order valence-electron chi connectivity index (χ2n) is 7.95. The Morgan fingerprint density at radius 1 is 1.18 bits per heavy atom. The molecule has 0 aliphatic carbocycles. The van der Waals surface area contributed by atoms with Gasteiger partial charge in [-0.1, -0.05) is 6.07 Å². The van der Waals surface area contributed by atoms with E-state index in [1.165, 1.54) is 25.3 Å². The quantitative estimate of drug-likeness (QED) is 0.375. The van der Waals surface area contributed by atoms with Gasteiger partial charge in [0.25, 0.3) is 0 Å². The first-order valence-electron chi connectivity index (χ1n) is 10.4. The van der Waals surface area contributed by atoms with E-state index in [4.69, 9.17) is 9.47 Å². The highest BCUT2D eigenvalue weighted by molar-refractivity contribution is 5.71. The van der Waals surface area contributed by atoms with Crippen LogP contribution >= 0.6 is 0 Å². The number of carbonyl (C=O) groups is 1. The fourth-order valence-corrected chi connectivity index (χ4v) is 3.75. The van der Waals surface area contributed by atoms with E-state index >= 15 is 0 Å². The molecule has 0 saturated carbocycles. The van der Waals surface area contributed by atoms with Crippen molar-refractivity contribution in [2.75, 3.05) is 7.11 Å². The van der Waals surface area contributed by atoms with Crippen molar-refractivity contribution < 1.29 is 23.0 Å². The van der Waals surface area contributed by atoms with Gasteiger partial charge < -0.3 is 9.47 Å². The lowest BCUT2D eigenvalue weighted by molar-refractivity contribution is -0.141. The number of esters is 1. The van der Waals surface area contributed by atoms with Gasteiger partial charge in [0.05, 0.1) is 42.7 Å². The summed E-state index contributed by atoms with van der Waals surface area (Å²) in [6, 6.07) is 5.32. The Morgan fingerprint density at radius 3 is 2.61 bits per heavy atom. The van der Waals surface area contributed by atoms with Crippen molar-refractivity contribution in [3.8, 4) is 17.0 Å². The Kier molecular flexibility index (Phi) is 6.13. The number of nitrogens with zero attached hydrogens (tertiary/aromatic N) is 4. The smallest absolute Gasteiger partial charge is 0.307 e. The number of benzene rings is 1. The van der Waals surface area contributed by atoms with Crippen molar-refractivity contribution in [1.29, 1.82) is 0 Å². The molecular formula is C24H24F2N4O3. The fraction of sp³-hybridized carbons (Fsp3) is 0.292. The van der Waals surface area contributed by atoms with E-state index < -0.39 is 11.6 Å². The number of halogens is 2. The number of aryl methyl sites for hydroxylation is 2. The molecule has 1 aromatic carbocycles. The largest absolute Gasteiger partial charge is 0.485 e. The zero-order valence-corrected chi connectivity index (χ0v) is 18.8. The van der Waals surface area contributed by atoms with Crippen LogP contribution in [0.3, 0.4) is 0 Å². The van der Waals surface area contributed by atoms with Gasteiger partial charge in [-0.2, -0.15) is 5.10 Å². The third-order valence-electron chi connectivity index (χ3n) is 5.45. The molecule has 172 valence electrons. The number of rotatable bonds is 7. The Morgan fingerprint density at radius 2 is 1.91 bits per heavy atom. The number of ether oxygens (including phenoxy) is 2. The number of aromatic nitrogens is 4. The van der Waals surface area contributed by atoms with Crippen LogP contribution < -0.4 is 4.74 Å². The van der Waals surface area contributed by atoms with E-state index in [-0.39, 0.29) is 30.6 Å². The lowest BCUT2D eigenvalue weighted by Gasteiger charge is -2.11. The third-order valence-corrected chi connectivity index (χ3v) is 5.45. The number of carbonyl (C=O) groups excluding carboxylic acids is 1. The van der Waals surface area contributed by atoms with Gasteiger partial charge in [0.15, 0.2) is 11.4 Å². The fourth-order valence-electron chi connectivity index (χ4n) is 3.75. The minimum Gasteiger partial charge on any atom is -0.485 e. The van der Waals surface area contributed by atoms with E-state index in [2.05, 4.69) is 10.1 Å². The summed E-state index contributed by atoms with van der Waals surface area (Å²) in [7, 11) is 1.36. The third kappa shape index (κ3) is 4.44. The lowest BCUT2D eigenvalue weighted by Crippen LogP contribution is -2.12. The second-order valence-corrected chi connectivity index (χ2v) is 7.95. The van der Waals surface area contributed by atoms with Crippen LogP contribution in [0.5, 0.6) is 5.75 Å². The first kappa shape index (κ1) is 22.4. The highest BCUT2D eigenvalue weighted by atomic mass is 19.1. The molecule has 0 fully saturated rings. The molecule has 1 atom stereocenters. The Bertz CT molecular complexity index is 1310. The van der Waals surface area contributed by atoms with Crippen LogP contribution in [-0.2, 0) is 16.1 Å². The molecule has 0 N–H and O–H groups in total. The van der Waals surface area contributed by atoms with E-state index in [0.717, 1.165) is 22.5 Å². The van der Waals surface area contributed by atoms with Gasteiger partial charge in [0, 0.05) is 18.0 Å². The van der Waals surface area contributed by atoms with Crippen molar-refractivity contribution >= 4 is 11.6 Å². The maximum absolute atomic E-state index is 14.0. The van der Waals surface area contributed by atoms with Gasteiger partial charge in [-0.15, -0.1) is 0 Å². The summed E-state index contributed by atoms with van der Waals surface area (Å²) < 4.78 is 42.2. The molecule has 3 heterocycles. The van der Waals surface area contributed by atoms with E-state index in [9.17, 15) is 13.6 Å². The highest BCUT2D eigenvalue weighted by Crippen LogP contribution is 2.31. The zero-order valence-electron chi connectivity index (χ0n) is 18.8. The van der Waals surface area contributed by atoms with Gasteiger partial charge >= 0.3 is 5.97 Å². The van der Waals surface area contributed by atoms with Crippen LogP contribution in [0.2, 0.25) is 0 Å². The molecule has 0 saturated heterocycles. The summed E-state index contributed by atoms with van der Waals surface area (Å²) in [5.41, 5.74) is 3.64. The number of pyridine rings is 1. The number of methoxy groups -OCH3 is 1. The molecule has 33 heavy (non-hydrogen) atoms. The average Bonchev–Trinajstić information content (AvgIpc) is 3.37. The monoisotopic (exact) mass is 454 g/mol. The molecule has 1 unspecified atom stereocenters. The summed E-state index contributed by atoms with van der Waals surface area (Å²) in [6.07, 6.45) is 5.67. The van der Waals surface area contributed by atoms with Crippen molar-refractivity contribution in [3.63, 3.8) is 0 Å². The molecule has 4 rings (SSSR count). The first-order valence-corrected chi connectivity index (χ1v) is 10.4. The highest BCUT2D eigenvalue weighted by Gasteiger charge is 2.19. The van der Waals surface area contributed by atoms with Crippen LogP contribution in [0.1, 0.15) is 36.2 Å². The van der Waals surface area contributed by atoms with Crippen molar-refractivity contribution in [3.05, 3.63) is 71.3 Å².